The Balaban J connectivity index is 2.75. The first-order valence-corrected chi connectivity index (χ1v) is 5.82. The number of hydrogen-bond acceptors (Lipinski definition) is 3. The van der Waals surface area contributed by atoms with Gasteiger partial charge in [0, 0.05) is 12.1 Å². The van der Waals surface area contributed by atoms with Crippen LogP contribution in [0.1, 0.15) is 18.9 Å². The minimum absolute atomic E-state index is 0.343. The van der Waals surface area contributed by atoms with Gasteiger partial charge in [-0.25, -0.2) is 4.79 Å². The van der Waals surface area contributed by atoms with E-state index in [4.69, 9.17) is 22.0 Å². The van der Waals surface area contributed by atoms with E-state index in [1.165, 1.54) is 0 Å². The van der Waals surface area contributed by atoms with Crippen molar-refractivity contribution in [3.05, 3.63) is 40.4 Å². The molecule has 0 bridgehead atoms. The number of carboxylic acids is 1. The van der Waals surface area contributed by atoms with Crippen LogP contribution < -0.4 is 5.32 Å². The predicted molar refractivity (Wildman–Crippen MR) is 70.7 cm³/mol. The van der Waals surface area contributed by atoms with Gasteiger partial charge in [-0.3, -0.25) is 0 Å². The average molecular weight is 265 g/mol. The van der Waals surface area contributed by atoms with Gasteiger partial charge in [0.15, 0.2) is 0 Å². The smallest absolute Gasteiger partial charge is 0.331 e. The molecule has 0 aromatic heterocycles. The maximum absolute atomic E-state index is 10.8. The highest BCUT2D eigenvalue weighted by atomic mass is 35.5. The molecule has 0 saturated heterocycles. The van der Waals surface area contributed by atoms with Crippen LogP contribution in [0.3, 0.4) is 0 Å². The van der Waals surface area contributed by atoms with E-state index in [2.05, 4.69) is 5.32 Å². The Morgan fingerprint density at radius 3 is 2.89 bits per heavy atom. The maximum atomic E-state index is 10.8. The van der Waals surface area contributed by atoms with E-state index in [0.29, 0.717) is 34.8 Å². The van der Waals surface area contributed by atoms with E-state index in [1.54, 1.807) is 31.2 Å². The summed E-state index contributed by atoms with van der Waals surface area (Å²) in [5, 5.41) is 21.1. The molecule has 1 rings (SSSR count). The molecule has 1 aromatic carbocycles. The van der Waals surface area contributed by atoms with Gasteiger partial charge in [0.05, 0.1) is 22.3 Å². The largest absolute Gasteiger partial charge is 0.478 e. The second kappa shape index (κ2) is 6.67. The molecule has 2 N–H and O–H groups in total. The summed E-state index contributed by atoms with van der Waals surface area (Å²) < 4.78 is 0. The van der Waals surface area contributed by atoms with Gasteiger partial charge in [0.2, 0.25) is 0 Å². The van der Waals surface area contributed by atoms with Gasteiger partial charge in [0.25, 0.3) is 0 Å². The van der Waals surface area contributed by atoms with Crippen LogP contribution in [0.5, 0.6) is 0 Å². The molecule has 0 spiro atoms. The topological polar surface area (TPSA) is 73.1 Å². The summed E-state index contributed by atoms with van der Waals surface area (Å²) >= 11 is 5.96. The number of nitriles is 1. The Labute approximate surface area is 110 Å². The standard InChI is InChI=1S/C13H13ClN2O2/c1-2-10(13(17)18)5-6-16-12-7-9(8-15)3-4-11(12)14/h3-5,7,16H,2,6H2,1H3,(H,17,18)/b10-5-. The highest BCUT2D eigenvalue weighted by Crippen LogP contribution is 2.22. The lowest BCUT2D eigenvalue weighted by Gasteiger charge is -2.07. The maximum Gasteiger partial charge on any atom is 0.331 e. The molecule has 0 heterocycles. The minimum Gasteiger partial charge on any atom is -0.478 e. The Bertz CT molecular complexity index is 518. The molecule has 0 atom stereocenters. The summed E-state index contributed by atoms with van der Waals surface area (Å²) in [6.07, 6.45) is 2.06. The minimum atomic E-state index is -0.920. The van der Waals surface area contributed by atoms with Crippen molar-refractivity contribution in [2.45, 2.75) is 13.3 Å². The van der Waals surface area contributed by atoms with Gasteiger partial charge in [-0.1, -0.05) is 24.6 Å². The molecule has 94 valence electrons. The normalized spacial score (nSPS) is 10.8. The van der Waals surface area contributed by atoms with Crippen LogP contribution in [0.15, 0.2) is 29.8 Å². The van der Waals surface area contributed by atoms with Crippen LogP contribution in [0.25, 0.3) is 0 Å². The van der Waals surface area contributed by atoms with Crippen molar-refractivity contribution in [3.63, 3.8) is 0 Å². The van der Waals surface area contributed by atoms with E-state index in [9.17, 15) is 4.79 Å². The molecule has 0 unspecified atom stereocenters. The van der Waals surface area contributed by atoms with Crippen molar-refractivity contribution < 1.29 is 9.90 Å². The SMILES string of the molecule is CC/C(=C/CNc1cc(C#N)ccc1Cl)C(=O)O. The van der Waals surface area contributed by atoms with Crippen molar-refractivity contribution in [2.75, 3.05) is 11.9 Å². The van der Waals surface area contributed by atoms with Gasteiger partial charge in [0.1, 0.15) is 0 Å². The van der Waals surface area contributed by atoms with E-state index >= 15 is 0 Å². The Morgan fingerprint density at radius 2 is 2.33 bits per heavy atom. The first-order valence-electron chi connectivity index (χ1n) is 5.44. The van der Waals surface area contributed by atoms with Crippen molar-refractivity contribution >= 4 is 23.3 Å². The fourth-order valence-electron chi connectivity index (χ4n) is 1.40. The van der Waals surface area contributed by atoms with Crippen molar-refractivity contribution in [3.8, 4) is 6.07 Å². The highest BCUT2D eigenvalue weighted by Gasteiger charge is 2.04. The summed E-state index contributed by atoms with van der Waals surface area (Å²) in [4.78, 5) is 10.8. The van der Waals surface area contributed by atoms with Crippen LogP contribution >= 0.6 is 11.6 Å². The number of nitrogens with zero attached hydrogens (tertiary/aromatic N) is 1. The second-order valence-corrected chi connectivity index (χ2v) is 3.98. The van der Waals surface area contributed by atoms with E-state index in [0.717, 1.165) is 0 Å². The second-order valence-electron chi connectivity index (χ2n) is 3.58. The van der Waals surface area contributed by atoms with Gasteiger partial charge in [-0.2, -0.15) is 5.26 Å². The van der Waals surface area contributed by atoms with Crippen LogP contribution in [0.2, 0.25) is 5.02 Å². The first-order chi connectivity index (χ1) is 8.58. The third-order valence-electron chi connectivity index (χ3n) is 2.39. The summed E-state index contributed by atoms with van der Waals surface area (Å²) in [5.41, 5.74) is 1.46. The van der Waals surface area contributed by atoms with Crippen LogP contribution in [-0.2, 0) is 4.79 Å². The molecule has 1 aromatic rings. The molecular formula is C13H13ClN2O2. The zero-order valence-corrected chi connectivity index (χ0v) is 10.7. The number of rotatable bonds is 5. The lowest BCUT2D eigenvalue weighted by atomic mass is 10.2. The number of halogens is 1. The fraction of sp³-hybridized carbons (Fsp3) is 0.231. The van der Waals surface area contributed by atoms with Crippen LogP contribution in [-0.4, -0.2) is 17.6 Å². The molecule has 0 aliphatic carbocycles. The Hall–Kier alpha value is -1.99. The number of carboxylic acid groups (broad SMARTS) is 1. The van der Waals surface area contributed by atoms with Crippen LogP contribution in [0.4, 0.5) is 5.69 Å². The first kappa shape index (κ1) is 14.1. The molecule has 0 aliphatic rings. The number of anilines is 1. The number of hydrogen-bond donors (Lipinski definition) is 2. The number of carbonyl (C=O) groups is 1. The number of benzene rings is 1. The summed E-state index contributed by atoms with van der Waals surface area (Å²) in [6, 6.07) is 6.89. The zero-order chi connectivity index (χ0) is 13.5. The van der Waals surface area contributed by atoms with E-state index in [-0.39, 0.29) is 0 Å². The Morgan fingerprint density at radius 1 is 1.61 bits per heavy atom. The highest BCUT2D eigenvalue weighted by molar-refractivity contribution is 6.33. The summed E-state index contributed by atoms with van der Waals surface area (Å²) in [5.74, 6) is -0.920. The number of aliphatic carboxylic acids is 1. The van der Waals surface area contributed by atoms with Gasteiger partial charge < -0.3 is 10.4 Å². The molecule has 18 heavy (non-hydrogen) atoms. The summed E-state index contributed by atoms with van der Waals surface area (Å²) in [7, 11) is 0. The molecule has 5 heteroatoms. The van der Waals surface area contributed by atoms with Gasteiger partial charge >= 0.3 is 5.97 Å². The molecule has 0 radical (unpaired) electrons. The van der Waals surface area contributed by atoms with Gasteiger partial charge in [-0.15, -0.1) is 0 Å². The molecular weight excluding hydrogens is 252 g/mol. The molecule has 0 fully saturated rings. The van der Waals surface area contributed by atoms with Gasteiger partial charge in [-0.05, 0) is 24.6 Å². The van der Waals surface area contributed by atoms with Crippen molar-refractivity contribution in [1.82, 2.24) is 0 Å². The lowest BCUT2D eigenvalue weighted by Crippen LogP contribution is -2.05. The van der Waals surface area contributed by atoms with E-state index in [1.807, 2.05) is 6.07 Å². The third-order valence-corrected chi connectivity index (χ3v) is 2.72. The molecule has 4 nitrogen and oxygen atoms in total. The van der Waals surface area contributed by atoms with E-state index < -0.39 is 5.97 Å². The quantitative estimate of drug-likeness (QED) is 0.802. The predicted octanol–water partition coefficient (Wildman–Crippen LogP) is 3.04. The van der Waals surface area contributed by atoms with Crippen molar-refractivity contribution in [1.29, 1.82) is 5.26 Å². The molecule has 0 amide bonds. The monoisotopic (exact) mass is 264 g/mol. The summed E-state index contributed by atoms with van der Waals surface area (Å²) in [6.45, 7) is 2.13. The molecule has 0 saturated carbocycles. The van der Waals surface area contributed by atoms with Crippen molar-refractivity contribution in [2.24, 2.45) is 0 Å². The zero-order valence-electron chi connectivity index (χ0n) is 9.90. The third kappa shape index (κ3) is 3.79. The number of nitrogens with one attached hydrogen (secondary N) is 1. The Kier molecular flexibility index (Phi) is 5.22. The fourth-order valence-corrected chi connectivity index (χ4v) is 1.58. The van der Waals surface area contributed by atoms with Crippen LogP contribution in [0, 0.1) is 11.3 Å². The lowest BCUT2D eigenvalue weighted by molar-refractivity contribution is -0.132. The average Bonchev–Trinajstić information content (AvgIpc) is 2.36. The molecule has 0 aliphatic heterocycles.